The zero-order valence-corrected chi connectivity index (χ0v) is 11.4. The van der Waals surface area contributed by atoms with Crippen molar-refractivity contribution in [3.63, 3.8) is 0 Å². The summed E-state index contributed by atoms with van der Waals surface area (Å²) in [6.07, 6.45) is 3.78. The molecular weight excluding hydrogens is 254 g/mol. The normalized spacial score (nSPS) is 10.6. The Hall–Kier alpha value is -0.950. The zero-order valence-electron chi connectivity index (χ0n) is 10.5. The first-order valence-electron chi connectivity index (χ1n) is 5.88. The number of rotatable bonds is 6. The van der Waals surface area contributed by atoms with Gasteiger partial charge in [0.1, 0.15) is 0 Å². The Balaban J connectivity index is 0.000000494. The molecule has 0 spiro atoms. The van der Waals surface area contributed by atoms with E-state index in [2.05, 4.69) is 42.6 Å². The van der Waals surface area contributed by atoms with Gasteiger partial charge in [0.15, 0.2) is 0 Å². The van der Waals surface area contributed by atoms with Gasteiger partial charge >= 0.3 is 10.4 Å². The lowest BCUT2D eigenvalue weighted by atomic mass is 10.1. The van der Waals surface area contributed by atoms with Crippen molar-refractivity contribution in [2.75, 3.05) is 13.1 Å². The van der Waals surface area contributed by atoms with E-state index in [-0.39, 0.29) is 0 Å². The molecule has 0 aliphatic rings. The van der Waals surface area contributed by atoms with Gasteiger partial charge in [-0.3, -0.25) is 9.11 Å². The number of hydrogen-bond donors (Lipinski definition) is 3. The van der Waals surface area contributed by atoms with E-state index >= 15 is 0 Å². The molecule has 0 unspecified atom stereocenters. The minimum absolute atomic E-state index is 1.09. The highest BCUT2D eigenvalue weighted by atomic mass is 32.3. The van der Waals surface area contributed by atoms with Gasteiger partial charge in [0.2, 0.25) is 0 Å². The van der Waals surface area contributed by atoms with E-state index in [4.69, 9.17) is 17.5 Å². The van der Waals surface area contributed by atoms with E-state index in [1.54, 1.807) is 0 Å². The molecule has 0 saturated heterocycles. The molecule has 0 atom stereocenters. The van der Waals surface area contributed by atoms with Gasteiger partial charge in [-0.2, -0.15) is 8.42 Å². The summed E-state index contributed by atoms with van der Waals surface area (Å²) in [4.78, 5) is 0. The molecule has 0 radical (unpaired) electrons. The quantitative estimate of drug-likeness (QED) is 0.546. The fraction of sp³-hybridized carbons (Fsp3) is 0.500. The van der Waals surface area contributed by atoms with E-state index in [1.807, 2.05) is 0 Å². The lowest BCUT2D eigenvalue weighted by Crippen LogP contribution is -2.13. The van der Waals surface area contributed by atoms with Gasteiger partial charge in [-0.1, -0.05) is 37.3 Å². The molecule has 0 aromatic heterocycles. The second-order valence-corrected chi connectivity index (χ2v) is 4.64. The van der Waals surface area contributed by atoms with Gasteiger partial charge in [-0.15, -0.1) is 0 Å². The highest BCUT2D eigenvalue weighted by Gasteiger charge is 1.91. The van der Waals surface area contributed by atoms with E-state index in [0.29, 0.717) is 0 Å². The Morgan fingerprint density at radius 3 is 2.17 bits per heavy atom. The molecule has 104 valence electrons. The van der Waals surface area contributed by atoms with Crippen molar-refractivity contribution in [2.45, 2.75) is 26.2 Å². The molecule has 1 aromatic rings. The van der Waals surface area contributed by atoms with Crippen molar-refractivity contribution in [2.24, 2.45) is 0 Å². The van der Waals surface area contributed by atoms with E-state index in [9.17, 15) is 0 Å². The van der Waals surface area contributed by atoms with Crippen LogP contribution in [-0.2, 0) is 16.8 Å². The van der Waals surface area contributed by atoms with Crippen molar-refractivity contribution >= 4 is 10.4 Å². The van der Waals surface area contributed by atoms with Crippen LogP contribution in [0.2, 0.25) is 0 Å². The van der Waals surface area contributed by atoms with Gasteiger partial charge in [0.05, 0.1) is 0 Å². The summed E-state index contributed by atoms with van der Waals surface area (Å²) in [5, 5.41) is 3.33. The third-order valence-electron chi connectivity index (χ3n) is 2.16. The molecule has 3 N–H and O–H groups in total. The van der Waals surface area contributed by atoms with Crippen LogP contribution in [0.25, 0.3) is 0 Å². The smallest absolute Gasteiger partial charge is 0.317 e. The monoisotopic (exact) mass is 275 g/mol. The first-order valence-corrected chi connectivity index (χ1v) is 7.27. The van der Waals surface area contributed by atoms with Crippen LogP contribution >= 0.6 is 0 Å². The molecular formula is C12H21NO4S. The summed E-state index contributed by atoms with van der Waals surface area (Å²) in [6, 6.07) is 10.7. The summed E-state index contributed by atoms with van der Waals surface area (Å²) in [6.45, 7) is 4.39. The zero-order chi connectivity index (χ0) is 13.9. The molecule has 0 aliphatic carbocycles. The summed E-state index contributed by atoms with van der Waals surface area (Å²) >= 11 is 0. The van der Waals surface area contributed by atoms with Crippen LogP contribution in [0.4, 0.5) is 0 Å². The number of unbranched alkanes of at least 4 members (excludes halogenated alkanes) is 1. The number of aryl methyl sites for hydroxylation is 1. The largest absolute Gasteiger partial charge is 0.394 e. The maximum absolute atomic E-state index is 8.74. The van der Waals surface area contributed by atoms with E-state index in [1.165, 1.54) is 24.8 Å². The van der Waals surface area contributed by atoms with Gasteiger partial charge < -0.3 is 5.32 Å². The Morgan fingerprint density at radius 2 is 1.67 bits per heavy atom. The van der Waals surface area contributed by atoms with Crippen molar-refractivity contribution < 1.29 is 17.5 Å². The molecule has 18 heavy (non-hydrogen) atoms. The highest BCUT2D eigenvalue weighted by molar-refractivity contribution is 7.79. The second kappa shape index (κ2) is 10.0. The molecule has 0 bridgehead atoms. The van der Waals surface area contributed by atoms with Crippen LogP contribution < -0.4 is 5.32 Å². The first-order chi connectivity index (χ1) is 8.43. The Bertz CT molecular complexity index is 384. The summed E-state index contributed by atoms with van der Waals surface area (Å²) in [5.74, 6) is 0. The standard InChI is InChI=1S/C12H19N.H2O4S/c1-2-13-11-7-6-10-12-8-4-3-5-9-12;1-5(2,3)4/h3-5,8-9,13H,2,6-7,10-11H2,1H3;(H2,1,2,3,4). The molecule has 0 saturated carbocycles. The molecule has 0 heterocycles. The van der Waals surface area contributed by atoms with E-state index < -0.39 is 10.4 Å². The summed E-state index contributed by atoms with van der Waals surface area (Å²) in [5.41, 5.74) is 1.46. The van der Waals surface area contributed by atoms with Gasteiger partial charge in [0.25, 0.3) is 0 Å². The van der Waals surface area contributed by atoms with Gasteiger partial charge in [0, 0.05) is 0 Å². The van der Waals surface area contributed by atoms with Crippen molar-refractivity contribution in [3.05, 3.63) is 35.9 Å². The van der Waals surface area contributed by atoms with Crippen molar-refractivity contribution in [3.8, 4) is 0 Å². The maximum atomic E-state index is 8.74. The van der Waals surface area contributed by atoms with Crippen LogP contribution in [0, 0.1) is 0 Å². The predicted octanol–water partition coefficient (Wildman–Crippen LogP) is 1.97. The molecule has 0 fully saturated rings. The fourth-order valence-corrected chi connectivity index (χ4v) is 1.40. The molecule has 1 aromatic carbocycles. The van der Waals surface area contributed by atoms with Crippen LogP contribution in [0.1, 0.15) is 25.3 Å². The van der Waals surface area contributed by atoms with Crippen molar-refractivity contribution in [1.82, 2.24) is 5.32 Å². The average molecular weight is 275 g/mol. The SMILES string of the molecule is CCNCCCCc1ccccc1.O=S(=O)(O)O. The highest BCUT2D eigenvalue weighted by Crippen LogP contribution is 2.03. The number of benzene rings is 1. The van der Waals surface area contributed by atoms with Gasteiger partial charge in [-0.25, -0.2) is 0 Å². The maximum Gasteiger partial charge on any atom is 0.394 e. The van der Waals surface area contributed by atoms with Crippen LogP contribution in [0.5, 0.6) is 0 Å². The molecule has 1 rings (SSSR count). The molecule has 0 aliphatic heterocycles. The minimum atomic E-state index is -4.67. The van der Waals surface area contributed by atoms with Gasteiger partial charge in [-0.05, 0) is 37.9 Å². The summed E-state index contributed by atoms with van der Waals surface area (Å²) < 4.78 is 31.6. The van der Waals surface area contributed by atoms with Crippen LogP contribution in [0.15, 0.2) is 30.3 Å². The van der Waals surface area contributed by atoms with Crippen molar-refractivity contribution in [1.29, 1.82) is 0 Å². The first kappa shape index (κ1) is 17.1. The molecule has 0 amide bonds. The predicted molar refractivity (Wildman–Crippen MR) is 72.1 cm³/mol. The minimum Gasteiger partial charge on any atom is -0.317 e. The topological polar surface area (TPSA) is 86.6 Å². The lowest BCUT2D eigenvalue weighted by molar-refractivity contribution is 0.381. The Kier molecular flexibility index (Phi) is 9.49. The summed E-state index contributed by atoms with van der Waals surface area (Å²) in [7, 11) is -4.67. The molecule has 6 heteroatoms. The fourth-order valence-electron chi connectivity index (χ4n) is 1.40. The number of hydrogen-bond acceptors (Lipinski definition) is 3. The third kappa shape index (κ3) is 15.0. The second-order valence-electron chi connectivity index (χ2n) is 3.74. The van der Waals surface area contributed by atoms with E-state index in [0.717, 1.165) is 13.1 Å². The lowest BCUT2D eigenvalue weighted by Gasteiger charge is -2.01. The van der Waals surface area contributed by atoms with Crippen LogP contribution in [0.3, 0.4) is 0 Å². The third-order valence-corrected chi connectivity index (χ3v) is 2.16. The molecule has 5 nitrogen and oxygen atoms in total. The number of nitrogens with one attached hydrogen (secondary N) is 1. The average Bonchev–Trinajstić information content (AvgIpc) is 2.28. The Labute approximate surface area is 109 Å². The Morgan fingerprint density at radius 1 is 1.11 bits per heavy atom. The van der Waals surface area contributed by atoms with Crippen LogP contribution in [-0.4, -0.2) is 30.6 Å².